The molecular weight excluding hydrogens is 290 g/mol. The predicted molar refractivity (Wildman–Crippen MR) is 89.7 cm³/mol. The number of H-pyrrole nitrogens is 1. The lowest BCUT2D eigenvalue weighted by Crippen LogP contribution is -2.45. The second kappa shape index (κ2) is 5.81. The Kier molecular flexibility index (Phi) is 3.65. The van der Waals surface area contributed by atoms with Gasteiger partial charge in [0.2, 0.25) is 5.56 Å². The zero-order chi connectivity index (χ0) is 15.8. The maximum absolute atomic E-state index is 12.6. The number of piperidine rings is 1. The van der Waals surface area contributed by atoms with Crippen LogP contribution in [0.25, 0.3) is 10.9 Å². The molecule has 0 bridgehead atoms. The number of hydrogen-bond donors (Lipinski definition) is 2. The number of nitrogens with zero attached hydrogens (tertiary/aromatic N) is 1. The molecule has 2 aromatic rings. The maximum Gasteiger partial charge on any atom is 0.252 e. The van der Waals surface area contributed by atoms with Gasteiger partial charge >= 0.3 is 0 Å². The number of aromatic nitrogens is 1. The highest BCUT2D eigenvalue weighted by molar-refractivity contribution is 6.06. The standard InChI is InChI=1S/C18H21N3O2/c22-17-11-15(14-3-1-2-4-16(14)20-17)18(23)19-12-7-9-21(10-8-12)13-5-6-13/h1-4,11-13H,5-10H2,(H,19,23)(H,20,22). The lowest BCUT2D eigenvalue weighted by Gasteiger charge is -2.32. The number of carbonyl (C=O) groups is 1. The normalized spacial score (nSPS) is 19.8. The Hall–Kier alpha value is -2.14. The van der Waals surface area contributed by atoms with Crippen molar-refractivity contribution in [1.82, 2.24) is 15.2 Å². The molecule has 1 aromatic carbocycles. The van der Waals surface area contributed by atoms with Gasteiger partial charge in [0.15, 0.2) is 0 Å². The molecule has 4 rings (SSSR count). The van der Waals surface area contributed by atoms with Crippen LogP contribution >= 0.6 is 0 Å². The number of benzene rings is 1. The minimum absolute atomic E-state index is 0.142. The third kappa shape index (κ3) is 3.01. The molecule has 23 heavy (non-hydrogen) atoms. The molecule has 1 saturated carbocycles. The van der Waals surface area contributed by atoms with Gasteiger partial charge in [-0.25, -0.2) is 0 Å². The van der Waals surface area contributed by atoms with E-state index in [2.05, 4.69) is 15.2 Å². The van der Waals surface area contributed by atoms with E-state index in [0.717, 1.165) is 37.4 Å². The van der Waals surface area contributed by atoms with Crippen molar-refractivity contribution in [2.24, 2.45) is 0 Å². The van der Waals surface area contributed by atoms with Crippen LogP contribution in [0, 0.1) is 0 Å². The summed E-state index contributed by atoms with van der Waals surface area (Å²) in [4.78, 5) is 29.7. The van der Waals surface area contributed by atoms with E-state index in [9.17, 15) is 9.59 Å². The van der Waals surface area contributed by atoms with E-state index >= 15 is 0 Å². The molecular formula is C18H21N3O2. The first-order valence-electron chi connectivity index (χ1n) is 8.38. The molecule has 1 amide bonds. The molecule has 2 heterocycles. The molecule has 0 unspecified atom stereocenters. The predicted octanol–water partition coefficient (Wildman–Crippen LogP) is 1.88. The van der Waals surface area contributed by atoms with Crippen molar-refractivity contribution < 1.29 is 4.79 Å². The highest BCUT2D eigenvalue weighted by Crippen LogP contribution is 2.29. The molecule has 5 heteroatoms. The first-order chi connectivity index (χ1) is 11.2. The number of rotatable bonds is 3. The number of hydrogen-bond acceptors (Lipinski definition) is 3. The van der Waals surface area contributed by atoms with Crippen LogP contribution in [-0.4, -0.2) is 41.0 Å². The van der Waals surface area contributed by atoms with E-state index in [1.807, 2.05) is 24.3 Å². The molecule has 5 nitrogen and oxygen atoms in total. The highest BCUT2D eigenvalue weighted by Gasteiger charge is 2.32. The van der Waals surface area contributed by atoms with Gasteiger partial charge in [-0.15, -0.1) is 0 Å². The molecule has 0 atom stereocenters. The number of amides is 1. The molecule has 1 aliphatic heterocycles. The second-order valence-electron chi connectivity index (χ2n) is 6.61. The number of carbonyl (C=O) groups excluding carboxylic acids is 1. The van der Waals surface area contributed by atoms with Crippen LogP contribution < -0.4 is 10.9 Å². The summed E-state index contributed by atoms with van der Waals surface area (Å²) in [6.45, 7) is 2.12. The van der Waals surface area contributed by atoms with Gasteiger partial charge in [0.25, 0.3) is 5.91 Å². The molecule has 120 valence electrons. The Bertz CT molecular complexity index is 786. The lowest BCUT2D eigenvalue weighted by atomic mass is 10.0. The van der Waals surface area contributed by atoms with Crippen LogP contribution in [0.15, 0.2) is 35.1 Å². The van der Waals surface area contributed by atoms with Crippen molar-refractivity contribution >= 4 is 16.8 Å². The Morgan fingerprint density at radius 2 is 1.87 bits per heavy atom. The lowest BCUT2D eigenvalue weighted by molar-refractivity contribution is 0.0910. The van der Waals surface area contributed by atoms with Crippen LogP contribution in [0.4, 0.5) is 0 Å². The van der Waals surface area contributed by atoms with Gasteiger partial charge in [-0.2, -0.15) is 0 Å². The second-order valence-corrected chi connectivity index (χ2v) is 6.61. The molecule has 1 aliphatic carbocycles. The minimum Gasteiger partial charge on any atom is -0.349 e. The zero-order valence-electron chi connectivity index (χ0n) is 13.0. The van der Waals surface area contributed by atoms with Gasteiger partial charge in [-0.1, -0.05) is 18.2 Å². The zero-order valence-corrected chi connectivity index (χ0v) is 13.0. The van der Waals surface area contributed by atoms with Gasteiger partial charge in [0, 0.05) is 42.1 Å². The highest BCUT2D eigenvalue weighted by atomic mass is 16.2. The van der Waals surface area contributed by atoms with Gasteiger partial charge in [0.05, 0.1) is 5.56 Å². The summed E-state index contributed by atoms with van der Waals surface area (Å²) in [6, 6.07) is 9.83. The third-order valence-electron chi connectivity index (χ3n) is 4.92. The summed E-state index contributed by atoms with van der Waals surface area (Å²) in [5, 5.41) is 3.91. The smallest absolute Gasteiger partial charge is 0.252 e. The van der Waals surface area contributed by atoms with Crippen molar-refractivity contribution in [3.8, 4) is 0 Å². The van der Waals surface area contributed by atoms with Crippen molar-refractivity contribution in [3.05, 3.63) is 46.2 Å². The van der Waals surface area contributed by atoms with Crippen molar-refractivity contribution in [2.75, 3.05) is 13.1 Å². The summed E-state index contributed by atoms with van der Waals surface area (Å²) in [5.41, 5.74) is 0.931. The van der Waals surface area contributed by atoms with Gasteiger partial charge in [0.1, 0.15) is 0 Å². The van der Waals surface area contributed by atoms with Crippen LogP contribution in [0.2, 0.25) is 0 Å². The summed E-state index contributed by atoms with van der Waals surface area (Å²) >= 11 is 0. The molecule has 0 spiro atoms. The summed E-state index contributed by atoms with van der Waals surface area (Å²) < 4.78 is 0. The van der Waals surface area contributed by atoms with Crippen LogP contribution in [0.3, 0.4) is 0 Å². The fourth-order valence-electron chi connectivity index (χ4n) is 3.50. The number of aromatic amines is 1. The topological polar surface area (TPSA) is 65.2 Å². The van der Waals surface area contributed by atoms with Crippen molar-refractivity contribution in [3.63, 3.8) is 0 Å². The Morgan fingerprint density at radius 3 is 2.61 bits per heavy atom. The largest absolute Gasteiger partial charge is 0.349 e. The first kappa shape index (κ1) is 14.5. The van der Waals surface area contributed by atoms with E-state index < -0.39 is 0 Å². The van der Waals surface area contributed by atoms with E-state index in [1.165, 1.54) is 18.9 Å². The third-order valence-corrected chi connectivity index (χ3v) is 4.92. The minimum atomic E-state index is -0.239. The Morgan fingerprint density at radius 1 is 1.13 bits per heavy atom. The van der Waals surface area contributed by atoms with Gasteiger partial charge < -0.3 is 15.2 Å². The number of para-hydroxylation sites is 1. The monoisotopic (exact) mass is 311 g/mol. The van der Waals surface area contributed by atoms with E-state index in [-0.39, 0.29) is 17.5 Å². The Balaban J connectivity index is 1.50. The first-order valence-corrected chi connectivity index (χ1v) is 8.38. The number of pyridine rings is 1. The van der Waals surface area contributed by atoms with Crippen LogP contribution in [0.5, 0.6) is 0 Å². The van der Waals surface area contributed by atoms with Gasteiger partial charge in [-0.3, -0.25) is 9.59 Å². The number of fused-ring (bicyclic) bond motifs is 1. The van der Waals surface area contributed by atoms with Crippen molar-refractivity contribution in [2.45, 2.75) is 37.8 Å². The Labute approximate surface area is 134 Å². The summed E-state index contributed by atoms with van der Waals surface area (Å²) in [7, 11) is 0. The molecule has 1 saturated heterocycles. The molecule has 2 fully saturated rings. The molecule has 2 N–H and O–H groups in total. The summed E-state index contributed by atoms with van der Waals surface area (Å²) in [5.74, 6) is -0.142. The molecule has 1 aromatic heterocycles. The molecule has 2 aliphatic rings. The van der Waals surface area contributed by atoms with Crippen LogP contribution in [-0.2, 0) is 0 Å². The fraction of sp³-hybridized carbons (Fsp3) is 0.444. The van der Waals surface area contributed by atoms with Crippen molar-refractivity contribution in [1.29, 1.82) is 0 Å². The molecule has 0 radical (unpaired) electrons. The quantitative estimate of drug-likeness (QED) is 0.910. The SMILES string of the molecule is O=C(NC1CCN(C2CC2)CC1)c1cc(=O)[nH]c2ccccc12. The number of nitrogens with one attached hydrogen (secondary N) is 2. The summed E-state index contributed by atoms with van der Waals surface area (Å²) in [6.07, 6.45) is 4.64. The van der Waals surface area contributed by atoms with E-state index in [0.29, 0.717) is 11.1 Å². The average molecular weight is 311 g/mol. The van der Waals surface area contributed by atoms with Crippen LogP contribution in [0.1, 0.15) is 36.0 Å². The average Bonchev–Trinajstić information content (AvgIpc) is 3.39. The fourth-order valence-corrected chi connectivity index (χ4v) is 3.50. The van der Waals surface area contributed by atoms with E-state index in [1.54, 1.807) is 0 Å². The maximum atomic E-state index is 12.6. The van der Waals surface area contributed by atoms with Gasteiger partial charge in [-0.05, 0) is 31.7 Å². The van der Waals surface area contributed by atoms with E-state index in [4.69, 9.17) is 0 Å². The number of likely N-dealkylation sites (tertiary alicyclic amines) is 1.